The SMILES string of the molecule is CC1CN(CCNC(=O)N2CCN(c3ccccc3O)CC2)CC(C)O1. The summed E-state index contributed by atoms with van der Waals surface area (Å²) < 4.78 is 5.73. The number of nitrogens with one attached hydrogen (secondary N) is 1. The summed E-state index contributed by atoms with van der Waals surface area (Å²) in [6.45, 7) is 10.3. The van der Waals surface area contributed by atoms with Gasteiger partial charge in [-0.05, 0) is 26.0 Å². The minimum absolute atomic E-state index is 0.00344. The molecule has 7 heteroatoms. The van der Waals surface area contributed by atoms with E-state index in [4.69, 9.17) is 4.74 Å². The van der Waals surface area contributed by atoms with Gasteiger partial charge in [-0.25, -0.2) is 4.79 Å². The molecule has 2 unspecified atom stereocenters. The monoisotopic (exact) mass is 362 g/mol. The summed E-state index contributed by atoms with van der Waals surface area (Å²) in [5.74, 6) is 0.291. The molecule has 0 aromatic heterocycles. The number of amides is 2. The summed E-state index contributed by atoms with van der Waals surface area (Å²) in [7, 11) is 0. The van der Waals surface area contributed by atoms with Crippen molar-refractivity contribution in [3.63, 3.8) is 0 Å². The van der Waals surface area contributed by atoms with Gasteiger partial charge in [0.05, 0.1) is 17.9 Å². The molecule has 7 nitrogen and oxygen atoms in total. The van der Waals surface area contributed by atoms with Crippen molar-refractivity contribution < 1.29 is 14.6 Å². The molecule has 2 aliphatic heterocycles. The van der Waals surface area contributed by atoms with E-state index < -0.39 is 0 Å². The fraction of sp³-hybridized carbons (Fsp3) is 0.632. The van der Waals surface area contributed by atoms with Crippen molar-refractivity contribution in [1.29, 1.82) is 0 Å². The van der Waals surface area contributed by atoms with Crippen LogP contribution in [0, 0.1) is 0 Å². The number of morpholine rings is 1. The third-order valence-corrected chi connectivity index (χ3v) is 4.99. The van der Waals surface area contributed by atoms with E-state index in [0.717, 1.165) is 38.4 Å². The molecule has 0 spiro atoms. The number of anilines is 1. The molecule has 0 radical (unpaired) electrons. The number of aromatic hydroxyl groups is 1. The van der Waals surface area contributed by atoms with Crippen molar-refractivity contribution in [1.82, 2.24) is 15.1 Å². The molecule has 2 atom stereocenters. The van der Waals surface area contributed by atoms with E-state index in [-0.39, 0.29) is 18.2 Å². The first-order valence-corrected chi connectivity index (χ1v) is 9.46. The Labute approximate surface area is 155 Å². The van der Waals surface area contributed by atoms with Crippen molar-refractivity contribution in [2.45, 2.75) is 26.1 Å². The zero-order valence-corrected chi connectivity index (χ0v) is 15.7. The van der Waals surface area contributed by atoms with Crippen LogP contribution < -0.4 is 10.2 Å². The fourth-order valence-electron chi connectivity index (χ4n) is 3.78. The van der Waals surface area contributed by atoms with Gasteiger partial charge in [0.1, 0.15) is 5.75 Å². The lowest BCUT2D eigenvalue weighted by atomic mass is 10.2. The summed E-state index contributed by atoms with van der Waals surface area (Å²) in [6, 6.07) is 7.34. The van der Waals surface area contributed by atoms with Crippen LogP contribution >= 0.6 is 0 Å². The van der Waals surface area contributed by atoms with Crippen LogP contribution in [0.4, 0.5) is 10.5 Å². The number of piperazine rings is 1. The van der Waals surface area contributed by atoms with Crippen LogP contribution in [0.15, 0.2) is 24.3 Å². The van der Waals surface area contributed by atoms with Gasteiger partial charge < -0.3 is 25.0 Å². The van der Waals surface area contributed by atoms with E-state index in [1.165, 1.54) is 0 Å². The number of urea groups is 1. The molecule has 1 aromatic rings. The molecule has 0 bridgehead atoms. The highest BCUT2D eigenvalue weighted by Gasteiger charge is 2.24. The topological polar surface area (TPSA) is 68.3 Å². The molecule has 3 rings (SSSR count). The smallest absolute Gasteiger partial charge is 0.317 e. The Hall–Kier alpha value is -1.99. The lowest BCUT2D eigenvalue weighted by Crippen LogP contribution is -2.53. The van der Waals surface area contributed by atoms with Gasteiger partial charge in [0, 0.05) is 52.4 Å². The third kappa shape index (κ3) is 4.80. The average molecular weight is 362 g/mol. The van der Waals surface area contributed by atoms with Crippen LogP contribution in [0.2, 0.25) is 0 Å². The van der Waals surface area contributed by atoms with Crippen LogP contribution in [0.1, 0.15) is 13.8 Å². The van der Waals surface area contributed by atoms with Crippen molar-refractivity contribution >= 4 is 11.7 Å². The van der Waals surface area contributed by atoms with Crippen molar-refractivity contribution in [3.8, 4) is 5.75 Å². The normalized spacial score (nSPS) is 24.5. The predicted molar refractivity (Wildman–Crippen MR) is 102 cm³/mol. The van der Waals surface area contributed by atoms with Crippen molar-refractivity contribution in [2.24, 2.45) is 0 Å². The van der Waals surface area contributed by atoms with Crippen LogP contribution in [-0.4, -0.2) is 85.5 Å². The van der Waals surface area contributed by atoms with Gasteiger partial charge >= 0.3 is 6.03 Å². The highest BCUT2D eigenvalue weighted by Crippen LogP contribution is 2.27. The summed E-state index contributed by atoms with van der Waals surface area (Å²) >= 11 is 0. The quantitative estimate of drug-likeness (QED) is 0.846. The Morgan fingerprint density at radius 2 is 1.81 bits per heavy atom. The number of ether oxygens (including phenoxy) is 1. The highest BCUT2D eigenvalue weighted by molar-refractivity contribution is 5.74. The van der Waals surface area contributed by atoms with Gasteiger partial charge in [-0.3, -0.25) is 4.90 Å². The van der Waals surface area contributed by atoms with Gasteiger partial charge in [-0.2, -0.15) is 0 Å². The van der Waals surface area contributed by atoms with Crippen molar-refractivity contribution in [2.75, 3.05) is 57.3 Å². The van der Waals surface area contributed by atoms with Crippen LogP contribution in [-0.2, 0) is 4.74 Å². The second-order valence-corrected chi connectivity index (χ2v) is 7.21. The van der Waals surface area contributed by atoms with Gasteiger partial charge in [-0.1, -0.05) is 12.1 Å². The lowest BCUT2D eigenvalue weighted by Gasteiger charge is -2.37. The minimum Gasteiger partial charge on any atom is -0.506 e. The molecular formula is C19H30N4O3. The van der Waals surface area contributed by atoms with Gasteiger partial charge in [-0.15, -0.1) is 0 Å². The van der Waals surface area contributed by atoms with E-state index >= 15 is 0 Å². The molecule has 2 N–H and O–H groups in total. The molecule has 2 aliphatic rings. The minimum atomic E-state index is -0.00344. The van der Waals surface area contributed by atoms with Gasteiger partial charge in [0.2, 0.25) is 0 Å². The van der Waals surface area contributed by atoms with E-state index in [1.807, 2.05) is 23.1 Å². The third-order valence-electron chi connectivity index (χ3n) is 4.99. The van der Waals surface area contributed by atoms with Crippen molar-refractivity contribution in [3.05, 3.63) is 24.3 Å². The van der Waals surface area contributed by atoms with E-state index in [1.54, 1.807) is 6.07 Å². The van der Waals surface area contributed by atoms with Gasteiger partial charge in [0.15, 0.2) is 0 Å². The maximum atomic E-state index is 12.4. The molecule has 2 fully saturated rings. The first kappa shape index (κ1) is 18.8. The summed E-state index contributed by atoms with van der Waals surface area (Å²) in [5.41, 5.74) is 0.836. The fourth-order valence-corrected chi connectivity index (χ4v) is 3.78. The first-order valence-electron chi connectivity index (χ1n) is 9.46. The number of nitrogens with zero attached hydrogens (tertiary/aromatic N) is 3. The number of benzene rings is 1. The number of hydrogen-bond donors (Lipinski definition) is 2. The van der Waals surface area contributed by atoms with Crippen LogP contribution in [0.5, 0.6) is 5.75 Å². The zero-order valence-electron chi connectivity index (χ0n) is 15.7. The van der Waals surface area contributed by atoms with E-state index in [2.05, 4.69) is 29.0 Å². The number of carbonyl (C=O) groups excluding carboxylic acids is 1. The number of para-hydroxylation sites is 2. The molecule has 144 valence electrons. The van der Waals surface area contributed by atoms with Crippen LogP contribution in [0.25, 0.3) is 0 Å². The molecule has 0 saturated carbocycles. The van der Waals surface area contributed by atoms with Crippen LogP contribution in [0.3, 0.4) is 0 Å². The Kier molecular flexibility index (Phi) is 6.21. The average Bonchev–Trinajstić information content (AvgIpc) is 2.61. The molecule has 0 aliphatic carbocycles. The predicted octanol–water partition coefficient (Wildman–Crippen LogP) is 1.33. The highest BCUT2D eigenvalue weighted by atomic mass is 16.5. The number of carbonyl (C=O) groups is 1. The molecule has 1 aromatic carbocycles. The molecular weight excluding hydrogens is 332 g/mol. The Balaban J connectivity index is 1.39. The maximum Gasteiger partial charge on any atom is 0.317 e. The molecule has 26 heavy (non-hydrogen) atoms. The summed E-state index contributed by atoms with van der Waals surface area (Å²) in [6.07, 6.45) is 0.494. The summed E-state index contributed by atoms with van der Waals surface area (Å²) in [4.78, 5) is 18.7. The Morgan fingerprint density at radius 3 is 2.46 bits per heavy atom. The molecule has 2 heterocycles. The van der Waals surface area contributed by atoms with E-state index in [0.29, 0.717) is 25.4 Å². The Bertz CT molecular complexity index is 594. The number of phenols is 1. The Morgan fingerprint density at radius 1 is 1.15 bits per heavy atom. The van der Waals surface area contributed by atoms with Gasteiger partial charge in [0.25, 0.3) is 0 Å². The second-order valence-electron chi connectivity index (χ2n) is 7.21. The number of hydrogen-bond acceptors (Lipinski definition) is 5. The molecule has 2 amide bonds. The number of phenolic OH excluding ortho intramolecular Hbond substituents is 1. The summed E-state index contributed by atoms with van der Waals surface area (Å²) in [5, 5.41) is 13.0. The second kappa shape index (κ2) is 8.60. The maximum absolute atomic E-state index is 12.4. The number of rotatable bonds is 4. The lowest BCUT2D eigenvalue weighted by molar-refractivity contribution is -0.0672. The first-order chi connectivity index (χ1) is 12.5. The molecule has 2 saturated heterocycles. The zero-order chi connectivity index (χ0) is 18.5. The van der Waals surface area contributed by atoms with E-state index in [9.17, 15) is 9.90 Å². The standard InChI is InChI=1S/C19H30N4O3/c1-15-13-21(14-16(2)26-15)8-7-20-19(25)23-11-9-22(10-12-23)17-5-3-4-6-18(17)24/h3-6,15-16,24H,7-14H2,1-2H3,(H,20,25). The largest absolute Gasteiger partial charge is 0.506 e.